The molecule has 0 aliphatic carbocycles. The van der Waals surface area contributed by atoms with Crippen molar-refractivity contribution in [1.82, 2.24) is 10.2 Å². The number of carbonyl (C=O) groups is 1. The summed E-state index contributed by atoms with van der Waals surface area (Å²) in [6.45, 7) is 2.82. The average molecular weight is 175 g/mol. The first-order valence-electron chi connectivity index (χ1n) is 3.61. The molecular weight excluding hydrogens is 164 g/mol. The second-order valence-electron chi connectivity index (χ2n) is 2.62. The zero-order valence-electron chi connectivity index (χ0n) is 6.17. The van der Waals surface area contributed by atoms with Gasteiger partial charge in [-0.05, 0) is 6.42 Å². The van der Waals surface area contributed by atoms with Crippen LogP contribution in [0.1, 0.15) is 6.42 Å². The second-order valence-corrected chi connectivity index (χ2v) is 2.62. The highest BCUT2D eigenvalue weighted by Crippen LogP contribution is 2.16. The van der Waals surface area contributed by atoms with Gasteiger partial charge >= 0.3 is 0 Å². The Hall–Kier alpha value is -0.700. The highest BCUT2D eigenvalue weighted by atomic mass is 35.5. The molecule has 2 rings (SSSR count). The molecule has 62 valence electrons. The summed E-state index contributed by atoms with van der Waals surface area (Å²) in [6, 6.07) is 0. The minimum Gasteiger partial charge on any atom is -0.365 e. The van der Waals surface area contributed by atoms with E-state index in [9.17, 15) is 4.79 Å². The number of piperazine rings is 1. The van der Waals surface area contributed by atoms with Crippen LogP contribution in [-0.2, 0) is 4.79 Å². The number of nitrogens with one attached hydrogen (secondary N) is 1. The lowest BCUT2D eigenvalue weighted by Gasteiger charge is -2.26. The minimum absolute atomic E-state index is 0. The third kappa shape index (κ3) is 1.33. The van der Waals surface area contributed by atoms with Crippen LogP contribution in [0.15, 0.2) is 11.8 Å². The third-order valence-corrected chi connectivity index (χ3v) is 1.98. The Morgan fingerprint density at radius 3 is 3.00 bits per heavy atom. The van der Waals surface area contributed by atoms with Gasteiger partial charge in [-0.25, -0.2) is 0 Å². The summed E-state index contributed by atoms with van der Waals surface area (Å²) in [5, 5.41) is 2.80. The first-order chi connectivity index (χ1) is 4.88. The van der Waals surface area contributed by atoms with Crippen LogP contribution in [0.4, 0.5) is 0 Å². The molecule has 0 radical (unpaired) electrons. The van der Waals surface area contributed by atoms with Crippen LogP contribution >= 0.6 is 12.4 Å². The van der Waals surface area contributed by atoms with E-state index in [0.717, 1.165) is 31.8 Å². The van der Waals surface area contributed by atoms with Gasteiger partial charge in [0.15, 0.2) is 0 Å². The van der Waals surface area contributed by atoms with E-state index in [0.29, 0.717) is 0 Å². The summed E-state index contributed by atoms with van der Waals surface area (Å²) < 4.78 is 0. The van der Waals surface area contributed by atoms with Crippen molar-refractivity contribution >= 4 is 18.3 Å². The first-order valence-corrected chi connectivity index (χ1v) is 3.61. The molecule has 2 aliphatic rings. The van der Waals surface area contributed by atoms with Gasteiger partial charge in [-0.2, -0.15) is 0 Å². The van der Waals surface area contributed by atoms with Crippen molar-refractivity contribution in [2.45, 2.75) is 6.42 Å². The molecule has 0 spiro atoms. The SMILES string of the molecule is Cl.O=C1NCCN2CCC=C12. The Kier molecular flexibility index (Phi) is 2.39. The van der Waals surface area contributed by atoms with E-state index in [2.05, 4.69) is 10.2 Å². The van der Waals surface area contributed by atoms with Crippen molar-refractivity contribution in [2.24, 2.45) is 0 Å². The van der Waals surface area contributed by atoms with Crippen LogP contribution < -0.4 is 5.32 Å². The van der Waals surface area contributed by atoms with E-state index in [1.165, 1.54) is 0 Å². The highest BCUT2D eigenvalue weighted by Gasteiger charge is 2.24. The van der Waals surface area contributed by atoms with Gasteiger partial charge in [-0.3, -0.25) is 4.79 Å². The number of fused-ring (bicyclic) bond motifs is 1. The molecule has 0 aromatic rings. The molecule has 1 N–H and O–H groups in total. The zero-order chi connectivity index (χ0) is 6.97. The maximum atomic E-state index is 11.1. The van der Waals surface area contributed by atoms with E-state index in [1.54, 1.807) is 0 Å². The third-order valence-electron chi connectivity index (χ3n) is 1.98. The van der Waals surface area contributed by atoms with Crippen LogP contribution in [0, 0.1) is 0 Å². The van der Waals surface area contributed by atoms with E-state index in [1.807, 2.05) is 6.08 Å². The Morgan fingerprint density at radius 2 is 2.27 bits per heavy atom. The Balaban J connectivity index is 0.000000605. The monoisotopic (exact) mass is 174 g/mol. The molecule has 0 saturated carbocycles. The largest absolute Gasteiger partial charge is 0.365 e. The standard InChI is InChI=1S/C7H10N2O.ClH/c10-7-6-2-1-4-9(6)5-3-8-7;/h2H,1,3-5H2,(H,8,10);1H. The summed E-state index contributed by atoms with van der Waals surface area (Å²) in [6.07, 6.45) is 3.04. The topological polar surface area (TPSA) is 32.3 Å². The lowest BCUT2D eigenvalue weighted by molar-refractivity contribution is -0.120. The second kappa shape index (κ2) is 3.13. The van der Waals surface area contributed by atoms with Gasteiger partial charge in [-0.1, -0.05) is 6.08 Å². The molecule has 3 nitrogen and oxygen atoms in total. The zero-order valence-corrected chi connectivity index (χ0v) is 6.99. The molecule has 2 heterocycles. The van der Waals surface area contributed by atoms with E-state index >= 15 is 0 Å². The molecule has 0 bridgehead atoms. The summed E-state index contributed by atoms with van der Waals surface area (Å²) >= 11 is 0. The molecule has 2 aliphatic heterocycles. The van der Waals surface area contributed by atoms with Gasteiger partial charge in [0.1, 0.15) is 0 Å². The number of carbonyl (C=O) groups excluding carboxylic acids is 1. The number of halogens is 1. The molecular formula is C7H11ClN2O. The first kappa shape index (κ1) is 8.40. The number of hydrogen-bond acceptors (Lipinski definition) is 2. The maximum absolute atomic E-state index is 11.1. The number of hydrogen-bond donors (Lipinski definition) is 1. The molecule has 1 amide bonds. The predicted molar refractivity (Wildman–Crippen MR) is 44.5 cm³/mol. The molecule has 11 heavy (non-hydrogen) atoms. The van der Waals surface area contributed by atoms with Crippen LogP contribution in [0.25, 0.3) is 0 Å². The number of rotatable bonds is 0. The molecule has 1 fully saturated rings. The summed E-state index contributed by atoms with van der Waals surface area (Å²) in [4.78, 5) is 13.2. The Labute approximate surface area is 71.9 Å². The fourth-order valence-corrected chi connectivity index (χ4v) is 1.47. The quantitative estimate of drug-likeness (QED) is 0.566. The fourth-order valence-electron chi connectivity index (χ4n) is 1.47. The Morgan fingerprint density at radius 1 is 1.45 bits per heavy atom. The molecule has 1 saturated heterocycles. The van der Waals surface area contributed by atoms with E-state index in [4.69, 9.17) is 0 Å². The average Bonchev–Trinajstić information content (AvgIpc) is 2.36. The molecule has 0 unspecified atom stereocenters. The smallest absolute Gasteiger partial charge is 0.267 e. The maximum Gasteiger partial charge on any atom is 0.267 e. The lowest BCUT2D eigenvalue weighted by Crippen LogP contribution is -2.43. The normalized spacial score (nSPS) is 21.6. The van der Waals surface area contributed by atoms with Crippen molar-refractivity contribution in [1.29, 1.82) is 0 Å². The van der Waals surface area contributed by atoms with Gasteiger partial charge in [0.2, 0.25) is 0 Å². The summed E-state index contributed by atoms with van der Waals surface area (Å²) in [5.41, 5.74) is 0.881. The van der Waals surface area contributed by atoms with Gasteiger partial charge < -0.3 is 10.2 Å². The highest BCUT2D eigenvalue weighted by molar-refractivity contribution is 5.93. The molecule has 0 atom stereocenters. The van der Waals surface area contributed by atoms with Crippen molar-refractivity contribution in [2.75, 3.05) is 19.6 Å². The van der Waals surface area contributed by atoms with Gasteiger partial charge in [-0.15, -0.1) is 12.4 Å². The molecule has 4 heteroatoms. The van der Waals surface area contributed by atoms with Crippen LogP contribution in [0.2, 0.25) is 0 Å². The van der Waals surface area contributed by atoms with Crippen LogP contribution in [0.3, 0.4) is 0 Å². The van der Waals surface area contributed by atoms with Crippen LogP contribution in [0.5, 0.6) is 0 Å². The van der Waals surface area contributed by atoms with Crippen molar-refractivity contribution in [3.05, 3.63) is 11.8 Å². The van der Waals surface area contributed by atoms with E-state index < -0.39 is 0 Å². The van der Waals surface area contributed by atoms with Crippen LogP contribution in [-0.4, -0.2) is 30.4 Å². The van der Waals surface area contributed by atoms with Crippen molar-refractivity contribution in [3.63, 3.8) is 0 Å². The van der Waals surface area contributed by atoms with Crippen molar-refractivity contribution in [3.8, 4) is 0 Å². The fraction of sp³-hybridized carbons (Fsp3) is 0.571. The predicted octanol–water partition coefficient (Wildman–Crippen LogP) is 0.128. The number of nitrogens with zero attached hydrogens (tertiary/aromatic N) is 1. The lowest BCUT2D eigenvalue weighted by atomic mass is 10.3. The Bertz CT molecular complexity index is 203. The molecule has 0 aromatic carbocycles. The summed E-state index contributed by atoms with van der Waals surface area (Å²) in [7, 11) is 0. The van der Waals surface area contributed by atoms with Crippen molar-refractivity contribution < 1.29 is 4.79 Å². The van der Waals surface area contributed by atoms with Gasteiger partial charge in [0, 0.05) is 19.6 Å². The van der Waals surface area contributed by atoms with Gasteiger partial charge in [0.25, 0.3) is 5.91 Å². The van der Waals surface area contributed by atoms with E-state index in [-0.39, 0.29) is 18.3 Å². The van der Waals surface area contributed by atoms with Gasteiger partial charge in [0.05, 0.1) is 5.70 Å². The molecule has 0 aromatic heterocycles. The minimum atomic E-state index is 0. The summed E-state index contributed by atoms with van der Waals surface area (Å²) in [5.74, 6) is 0.101. The number of amides is 1.